The van der Waals surface area contributed by atoms with E-state index in [-0.39, 0.29) is 17.7 Å². The number of rotatable bonds is 4. The smallest absolute Gasteiger partial charge is 0.293 e. The third kappa shape index (κ3) is 2.91. The third-order valence-electron chi connectivity index (χ3n) is 4.47. The summed E-state index contributed by atoms with van der Waals surface area (Å²) in [6.45, 7) is 0.680. The zero-order valence-corrected chi connectivity index (χ0v) is 13.8. The van der Waals surface area contributed by atoms with Gasteiger partial charge in [-0.1, -0.05) is 17.3 Å². The molecular formula is C19H18N2O4. The zero-order valence-electron chi connectivity index (χ0n) is 13.8. The summed E-state index contributed by atoms with van der Waals surface area (Å²) in [7, 11) is 1.61. The van der Waals surface area contributed by atoms with Crippen LogP contribution < -0.4 is 4.74 Å². The van der Waals surface area contributed by atoms with Crippen molar-refractivity contribution in [1.29, 1.82) is 0 Å². The van der Waals surface area contributed by atoms with Gasteiger partial charge in [0, 0.05) is 18.2 Å². The maximum Gasteiger partial charge on any atom is 0.293 e. The van der Waals surface area contributed by atoms with Crippen molar-refractivity contribution >= 4 is 5.91 Å². The Morgan fingerprint density at radius 1 is 1.28 bits per heavy atom. The molecule has 0 saturated carbocycles. The second-order valence-corrected chi connectivity index (χ2v) is 5.98. The Balaban J connectivity index is 1.58. The normalized spacial score (nSPS) is 17.0. The molecule has 1 fully saturated rings. The van der Waals surface area contributed by atoms with E-state index in [1.165, 1.54) is 0 Å². The van der Waals surface area contributed by atoms with Gasteiger partial charge in [0.2, 0.25) is 5.76 Å². The van der Waals surface area contributed by atoms with Crippen molar-refractivity contribution in [2.45, 2.75) is 18.9 Å². The minimum absolute atomic E-state index is 0.0483. The van der Waals surface area contributed by atoms with Gasteiger partial charge >= 0.3 is 0 Å². The average molecular weight is 338 g/mol. The van der Waals surface area contributed by atoms with E-state index < -0.39 is 0 Å². The van der Waals surface area contributed by atoms with Gasteiger partial charge in [-0.25, -0.2) is 0 Å². The van der Waals surface area contributed by atoms with Crippen LogP contribution in [0.15, 0.2) is 57.7 Å². The molecule has 25 heavy (non-hydrogen) atoms. The number of benzene rings is 1. The summed E-state index contributed by atoms with van der Waals surface area (Å²) < 4.78 is 16.0. The van der Waals surface area contributed by atoms with Crippen LogP contribution in [0.5, 0.6) is 5.75 Å². The zero-order chi connectivity index (χ0) is 17.2. The molecule has 0 spiro atoms. The molecular weight excluding hydrogens is 320 g/mol. The summed E-state index contributed by atoms with van der Waals surface area (Å²) in [6.07, 6.45) is 3.45. The number of likely N-dealkylation sites (tertiary alicyclic amines) is 1. The van der Waals surface area contributed by atoms with Gasteiger partial charge in [0.05, 0.1) is 19.4 Å². The first-order valence-corrected chi connectivity index (χ1v) is 8.22. The molecule has 1 aliphatic rings. The molecule has 2 aromatic heterocycles. The van der Waals surface area contributed by atoms with Crippen molar-refractivity contribution in [2.24, 2.45) is 0 Å². The van der Waals surface area contributed by atoms with Crippen LogP contribution in [0.3, 0.4) is 0 Å². The topological polar surface area (TPSA) is 68.7 Å². The fourth-order valence-corrected chi connectivity index (χ4v) is 3.22. The Labute approximate surface area is 145 Å². The van der Waals surface area contributed by atoms with Gasteiger partial charge in [0.15, 0.2) is 0 Å². The van der Waals surface area contributed by atoms with Gasteiger partial charge in [-0.05, 0) is 37.1 Å². The molecule has 128 valence electrons. The molecule has 6 heteroatoms. The molecule has 0 aliphatic carbocycles. The van der Waals surface area contributed by atoms with Crippen LogP contribution in [0.2, 0.25) is 0 Å². The Morgan fingerprint density at radius 3 is 3.00 bits per heavy atom. The molecule has 1 aliphatic heterocycles. The largest absolute Gasteiger partial charge is 0.497 e. The molecule has 3 heterocycles. The predicted molar refractivity (Wildman–Crippen MR) is 90.2 cm³/mol. The van der Waals surface area contributed by atoms with Crippen LogP contribution in [0.25, 0.3) is 11.3 Å². The monoisotopic (exact) mass is 338 g/mol. The number of carbonyl (C=O) groups is 1. The summed E-state index contributed by atoms with van der Waals surface area (Å²) in [6, 6.07) is 12.8. The van der Waals surface area contributed by atoms with Crippen LogP contribution in [0.4, 0.5) is 0 Å². The van der Waals surface area contributed by atoms with E-state index in [4.69, 9.17) is 13.7 Å². The lowest BCUT2D eigenvalue weighted by Crippen LogP contribution is -2.30. The number of nitrogens with zero attached hydrogens (tertiary/aromatic N) is 2. The van der Waals surface area contributed by atoms with Crippen molar-refractivity contribution in [2.75, 3.05) is 13.7 Å². The first-order chi connectivity index (χ1) is 12.3. The Kier molecular flexibility index (Phi) is 4.01. The average Bonchev–Trinajstić information content (AvgIpc) is 3.41. The fourth-order valence-electron chi connectivity index (χ4n) is 3.22. The number of aromatic nitrogens is 1. The highest BCUT2D eigenvalue weighted by Gasteiger charge is 2.34. The van der Waals surface area contributed by atoms with Crippen LogP contribution in [-0.4, -0.2) is 29.6 Å². The number of hydrogen-bond donors (Lipinski definition) is 0. The van der Waals surface area contributed by atoms with Gasteiger partial charge < -0.3 is 18.6 Å². The molecule has 0 radical (unpaired) electrons. The number of furan rings is 1. The second-order valence-electron chi connectivity index (χ2n) is 5.98. The highest BCUT2D eigenvalue weighted by atomic mass is 16.5. The van der Waals surface area contributed by atoms with E-state index >= 15 is 0 Å². The van der Waals surface area contributed by atoms with E-state index in [1.807, 2.05) is 36.4 Å². The van der Waals surface area contributed by atoms with Crippen LogP contribution in [0.1, 0.15) is 35.2 Å². The molecule has 1 saturated heterocycles. The summed E-state index contributed by atoms with van der Waals surface area (Å²) in [5.74, 6) is 1.60. The fraction of sp³-hybridized carbons (Fsp3) is 0.263. The molecule has 1 aromatic carbocycles. The van der Waals surface area contributed by atoms with Crippen molar-refractivity contribution in [3.05, 3.63) is 60.2 Å². The molecule has 4 rings (SSSR count). The summed E-state index contributed by atoms with van der Waals surface area (Å²) in [5, 5.41) is 4.04. The summed E-state index contributed by atoms with van der Waals surface area (Å²) >= 11 is 0. The van der Waals surface area contributed by atoms with Crippen LogP contribution >= 0.6 is 0 Å². The Morgan fingerprint density at radius 2 is 2.20 bits per heavy atom. The van der Waals surface area contributed by atoms with E-state index in [2.05, 4.69) is 5.16 Å². The van der Waals surface area contributed by atoms with E-state index in [9.17, 15) is 4.79 Å². The number of hydrogen-bond acceptors (Lipinski definition) is 5. The number of methoxy groups -OCH3 is 1. The first kappa shape index (κ1) is 15.5. The van der Waals surface area contributed by atoms with Gasteiger partial charge in [-0.15, -0.1) is 0 Å². The predicted octanol–water partition coefficient (Wildman–Crippen LogP) is 3.92. The SMILES string of the molecule is COc1cccc(-c2cc(C(=O)N3CCCC3c3ccco3)on2)c1. The maximum atomic E-state index is 12.8. The van der Waals surface area contributed by atoms with Gasteiger partial charge in [-0.3, -0.25) is 4.79 Å². The molecule has 0 bridgehead atoms. The first-order valence-electron chi connectivity index (χ1n) is 8.22. The maximum absolute atomic E-state index is 12.8. The number of carbonyl (C=O) groups excluding carboxylic acids is 1. The number of ether oxygens (including phenoxy) is 1. The van der Waals surface area contributed by atoms with Gasteiger partial charge in [0.25, 0.3) is 5.91 Å². The van der Waals surface area contributed by atoms with Gasteiger partial charge in [-0.2, -0.15) is 0 Å². The lowest BCUT2D eigenvalue weighted by molar-refractivity contribution is 0.0677. The van der Waals surface area contributed by atoms with Crippen molar-refractivity contribution in [1.82, 2.24) is 10.1 Å². The third-order valence-corrected chi connectivity index (χ3v) is 4.47. The molecule has 1 atom stereocenters. The minimum Gasteiger partial charge on any atom is -0.497 e. The molecule has 6 nitrogen and oxygen atoms in total. The molecule has 1 unspecified atom stereocenters. The lowest BCUT2D eigenvalue weighted by atomic mass is 10.1. The minimum atomic E-state index is -0.166. The highest BCUT2D eigenvalue weighted by molar-refractivity contribution is 5.93. The molecule has 0 N–H and O–H groups in total. The molecule has 1 amide bonds. The summed E-state index contributed by atoms with van der Waals surface area (Å²) in [4.78, 5) is 14.6. The second kappa shape index (κ2) is 6.47. The van der Waals surface area contributed by atoms with E-state index in [0.29, 0.717) is 12.2 Å². The summed E-state index contributed by atoms with van der Waals surface area (Å²) in [5.41, 5.74) is 1.45. The Hall–Kier alpha value is -3.02. The van der Waals surface area contributed by atoms with Crippen molar-refractivity contribution < 1.29 is 18.5 Å². The highest BCUT2D eigenvalue weighted by Crippen LogP contribution is 2.34. The lowest BCUT2D eigenvalue weighted by Gasteiger charge is -2.21. The van der Waals surface area contributed by atoms with Gasteiger partial charge in [0.1, 0.15) is 17.2 Å². The van der Waals surface area contributed by atoms with Crippen LogP contribution in [0, 0.1) is 0 Å². The van der Waals surface area contributed by atoms with Crippen molar-refractivity contribution in [3.63, 3.8) is 0 Å². The van der Waals surface area contributed by atoms with E-state index in [1.54, 1.807) is 24.3 Å². The molecule has 3 aromatic rings. The van der Waals surface area contributed by atoms with E-state index in [0.717, 1.165) is 29.9 Å². The van der Waals surface area contributed by atoms with Crippen molar-refractivity contribution in [3.8, 4) is 17.0 Å². The number of amides is 1. The Bertz CT molecular complexity index is 869. The quantitative estimate of drug-likeness (QED) is 0.721. The van der Waals surface area contributed by atoms with Crippen LogP contribution in [-0.2, 0) is 0 Å². The standard InChI is InChI=1S/C19H18N2O4/c1-23-14-6-2-5-13(11-14)15-12-18(25-20-15)19(22)21-9-3-7-16(21)17-8-4-10-24-17/h2,4-6,8,10-12,16H,3,7,9H2,1H3.